The number of hydrogen-bond donors (Lipinski definition) is 2. The fourth-order valence-electron chi connectivity index (χ4n) is 2.28. The predicted molar refractivity (Wildman–Crippen MR) is 87.9 cm³/mol. The van der Waals surface area contributed by atoms with Gasteiger partial charge in [0.05, 0.1) is 0 Å². The number of rotatable bonds is 5. The van der Waals surface area contributed by atoms with Crippen LogP contribution in [0.4, 0.5) is 10.9 Å². The van der Waals surface area contributed by atoms with Gasteiger partial charge < -0.3 is 16.0 Å². The molecule has 7 heteroatoms. The highest BCUT2D eigenvalue weighted by Crippen LogP contribution is 2.30. The quantitative estimate of drug-likeness (QED) is 0.872. The van der Waals surface area contributed by atoms with Crippen LogP contribution in [0.2, 0.25) is 0 Å². The maximum atomic E-state index is 12.2. The van der Waals surface area contributed by atoms with E-state index in [0.29, 0.717) is 10.7 Å². The number of thioether (sulfide) groups is 1. The third-order valence-corrected chi connectivity index (χ3v) is 5.23. The summed E-state index contributed by atoms with van der Waals surface area (Å²) < 4.78 is 0. The number of carbonyl (C=O) groups is 1. The summed E-state index contributed by atoms with van der Waals surface area (Å²) in [6.45, 7) is 4.02. The maximum absolute atomic E-state index is 12.2. The van der Waals surface area contributed by atoms with Crippen LogP contribution in [0, 0.1) is 0 Å². The molecule has 2 rings (SSSR count). The molecule has 1 atom stereocenters. The number of nitrogens with one attached hydrogen (secondary N) is 1. The summed E-state index contributed by atoms with van der Waals surface area (Å²) >= 11 is 3.12. The van der Waals surface area contributed by atoms with E-state index in [9.17, 15) is 4.79 Å². The largest absolute Gasteiger partial charge is 0.382 e. The molecule has 3 N–H and O–H groups in total. The van der Waals surface area contributed by atoms with Crippen molar-refractivity contribution in [3.05, 3.63) is 4.88 Å². The average molecular weight is 314 g/mol. The number of nitrogens with two attached hydrogens (primary N) is 1. The van der Waals surface area contributed by atoms with Crippen molar-refractivity contribution in [1.29, 1.82) is 0 Å². The Morgan fingerprint density at radius 3 is 2.85 bits per heavy atom. The monoisotopic (exact) mass is 314 g/mol. The molecule has 1 aromatic heterocycles. The van der Waals surface area contributed by atoms with E-state index in [-0.39, 0.29) is 11.9 Å². The van der Waals surface area contributed by atoms with Crippen LogP contribution in [0.5, 0.6) is 0 Å². The second kappa shape index (κ2) is 7.17. The molecular weight excluding hydrogens is 292 g/mol. The van der Waals surface area contributed by atoms with Crippen LogP contribution in [0.15, 0.2) is 0 Å². The lowest BCUT2D eigenvalue weighted by Crippen LogP contribution is -2.34. The van der Waals surface area contributed by atoms with E-state index in [1.54, 1.807) is 11.8 Å². The van der Waals surface area contributed by atoms with E-state index in [4.69, 9.17) is 5.73 Å². The molecule has 0 aromatic carbocycles. The van der Waals surface area contributed by atoms with Crippen LogP contribution in [0.1, 0.15) is 35.9 Å². The summed E-state index contributed by atoms with van der Waals surface area (Å²) in [6, 6.07) is 0.137. The van der Waals surface area contributed by atoms with Crippen LogP contribution < -0.4 is 16.0 Å². The van der Waals surface area contributed by atoms with Crippen LogP contribution in [0.3, 0.4) is 0 Å². The molecule has 1 saturated heterocycles. The van der Waals surface area contributed by atoms with E-state index >= 15 is 0 Å². The van der Waals surface area contributed by atoms with Crippen molar-refractivity contribution in [3.8, 4) is 0 Å². The molecule has 0 bridgehead atoms. The fraction of sp³-hybridized carbons (Fsp3) is 0.692. The zero-order valence-electron chi connectivity index (χ0n) is 12.0. The van der Waals surface area contributed by atoms with Gasteiger partial charge in [0.15, 0.2) is 5.13 Å². The van der Waals surface area contributed by atoms with Gasteiger partial charge >= 0.3 is 0 Å². The van der Waals surface area contributed by atoms with Crippen LogP contribution in [-0.2, 0) is 0 Å². The Morgan fingerprint density at radius 1 is 1.50 bits per heavy atom. The van der Waals surface area contributed by atoms with Gasteiger partial charge in [-0.1, -0.05) is 11.3 Å². The zero-order chi connectivity index (χ0) is 14.5. The summed E-state index contributed by atoms with van der Waals surface area (Å²) in [5.41, 5.74) is 5.91. The fourth-order valence-corrected chi connectivity index (χ4v) is 3.81. The first kappa shape index (κ1) is 15.4. The standard InChI is InChI=1S/C13H22N4OS2/c1-9(8-19-2)15-12(18)10-11(14)16-13(20-10)17-6-4-3-5-7-17/h9H,3-8,14H2,1-2H3,(H,15,18). The smallest absolute Gasteiger partial charge is 0.265 e. The molecule has 1 aliphatic rings. The summed E-state index contributed by atoms with van der Waals surface area (Å²) in [7, 11) is 0. The van der Waals surface area contributed by atoms with Gasteiger partial charge in [-0.05, 0) is 32.4 Å². The Hall–Kier alpha value is -0.950. The molecule has 1 amide bonds. The molecule has 5 nitrogen and oxygen atoms in total. The zero-order valence-corrected chi connectivity index (χ0v) is 13.6. The highest BCUT2D eigenvalue weighted by atomic mass is 32.2. The first-order valence-electron chi connectivity index (χ1n) is 6.93. The van der Waals surface area contributed by atoms with Crippen LogP contribution in [0.25, 0.3) is 0 Å². The SMILES string of the molecule is CSCC(C)NC(=O)c1sc(N2CCCCC2)nc1N. The van der Waals surface area contributed by atoms with Crippen molar-refractivity contribution in [2.75, 3.05) is 35.7 Å². The number of amides is 1. The van der Waals surface area contributed by atoms with E-state index in [0.717, 1.165) is 24.0 Å². The number of hydrogen-bond acceptors (Lipinski definition) is 6. The number of nitrogen functional groups attached to an aromatic ring is 1. The second-order valence-corrected chi connectivity index (χ2v) is 6.98. The lowest BCUT2D eigenvalue weighted by molar-refractivity contribution is 0.0948. The molecule has 20 heavy (non-hydrogen) atoms. The number of carbonyl (C=O) groups excluding carboxylic acids is 1. The van der Waals surface area contributed by atoms with Crippen molar-refractivity contribution >= 4 is 40.0 Å². The highest BCUT2D eigenvalue weighted by Gasteiger charge is 2.21. The number of piperidine rings is 1. The first-order valence-corrected chi connectivity index (χ1v) is 9.14. The van der Waals surface area contributed by atoms with Gasteiger partial charge in [0.1, 0.15) is 10.7 Å². The molecule has 1 fully saturated rings. The van der Waals surface area contributed by atoms with Gasteiger partial charge in [0, 0.05) is 24.9 Å². The van der Waals surface area contributed by atoms with E-state index in [1.807, 2.05) is 13.2 Å². The third kappa shape index (κ3) is 3.79. The Balaban J connectivity index is 2.04. The normalized spacial score (nSPS) is 17.0. The molecular formula is C13H22N4OS2. The molecule has 0 aliphatic carbocycles. The number of aromatic nitrogens is 1. The van der Waals surface area contributed by atoms with E-state index in [2.05, 4.69) is 15.2 Å². The van der Waals surface area contributed by atoms with Gasteiger partial charge in [-0.15, -0.1) is 0 Å². The average Bonchev–Trinajstić information content (AvgIpc) is 2.82. The van der Waals surface area contributed by atoms with E-state index in [1.165, 1.54) is 30.6 Å². The Labute approximate surface area is 128 Å². The third-order valence-electron chi connectivity index (χ3n) is 3.27. The predicted octanol–water partition coefficient (Wildman–Crippen LogP) is 2.20. The van der Waals surface area contributed by atoms with Gasteiger partial charge in [-0.2, -0.15) is 11.8 Å². The summed E-state index contributed by atoms with van der Waals surface area (Å²) in [4.78, 5) is 19.3. The first-order chi connectivity index (χ1) is 9.61. The lowest BCUT2D eigenvalue weighted by Gasteiger charge is -2.25. The van der Waals surface area contributed by atoms with Crippen molar-refractivity contribution in [2.24, 2.45) is 0 Å². The molecule has 112 valence electrons. The Kier molecular flexibility index (Phi) is 5.54. The maximum Gasteiger partial charge on any atom is 0.265 e. The molecule has 1 aromatic rings. The topological polar surface area (TPSA) is 71.2 Å². The molecule has 0 spiro atoms. The Morgan fingerprint density at radius 2 is 2.20 bits per heavy atom. The van der Waals surface area contributed by atoms with Crippen molar-refractivity contribution < 1.29 is 4.79 Å². The number of anilines is 2. The molecule has 1 unspecified atom stereocenters. The Bertz CT molecular complexity index is 457. The minimum absolute atomic E-state index is 0.107. The van der Waals surface area contributed by atoms with Gasteiger partial charge in [0.25, 0.3) is 5.91 Å². The highest BCUT2D eigenvalue weighted by molar-refractivity contribution is 7.98. The van der Waals surface area contributed by atoms with Gasteiger partial charge in [0.2, 0.25) is 0 Å². The van der Waals surface area contributed by atoms with Crippen molar-refractivity contribution in [3.63, 3.8) is 0 Å². The van der Waals surface area contributed by atoms with Crippen LogP contribution in [-0.4, -0.2) is 42.0 Å². The van der Waals surface area contributed by atoms with Crippen molar-refractivity contribution in [2.45, 2.75) is 32.2 Å². The lowest BCUT2D eigenvalue weighted by atomic mass is 10.1. The van der Waals surface area contributed by atoms with Crippen molar-refractivity contribution in [1.82, 2.24) is 10.3 Å². The summed E-state index contributed by atoms with van der Waals surface area (Å²) in [6.07, 6.45) is 5.67. The molecule has 0 saturated carbocycles. The minimum atomic E-state index is -0.107. The van der Waals surface area contributed by atoms with Crippen LogP contribution >= 0.6 is 23.1 Å². The molecule has 1 aliphatic heterocycles. The minimum Gasteiger partial charge on any atom is -0.382 e. The number of thiazole rings is 1. The van der Waals surface area contributed by atoms with Gasteiger partial charge in [-0.3, -0.25) is 4.79 Å². The molecule has 2 heterocycles. The van der Waals surface area contributed by atoms with Gasteiger partial charge in [-0.25, -0.2) is 4.98 Å². The summed E-state index contributed by atoms with van der Waals surface area (Å²) in [5.74, 6) is 1.14. The van der Waals surface area contributed by atoms with E-state index < -0.39 is 0 Å². The second-order valence-electron chi connectivity index (χ2n) is 5.09. The number of nitrogens with zero attached hydrogens (tertiary/aromatic N) is 2. The summed E-state index contributed by atoms with van der Waals surface area (Å²) in [5, 5.41) is 3.85. The molecule has 0 radical (unpaired) electrons.